The monoisotopic (exact) mass is 239 g/mol. The fraction of sp³-hybridized carbons (Fsp3) is 0.556. The Hall–Kier alpha value is -2.12. The van der Waals surface area contributed by atoms with Crippen molar-refractivity contribution in [1.29, 1.82) is 5.41 Å². The molecule has 17 heavy (non-hydrogen) atoms. The maximum Gasteiger partial charge on any atom is 0.197 e. The first-order valence-corrected chi connectivity index (χ1v) is 5.23. The third-order valence-corrected chi connectivity index (χ3v) is 2.03. The van der Waals surface area contributed by atoms with Crippen LogP contribution in [-0.2, 0) is 11.3 Å². The van der Waals surface area contributed by atoms with Crippen molar-refractivity contribution in [3.05, 3.63) is 6.20 Å². The molecule has 0 atom stereocenters. The number of rotatable bonds is 6. The average Bonchev–Trinajstić information content (AvgIpc) is 2.70. The van der Waals surface area contributed by atoms with E-state index < -0.39 is 0 Å². The van der Waals surface area contributed by atoms with E-state index in [4.69, 9.17) is 21.6 Å². The Morgan fingerprint density at radius 2 is 2.29 bits per heavy atom. The van der Waals surface area contributed by atoms with Crippen LogP contribution in [0.4, 0.5) is 5.82 Å². The highest BCUT2D eigenvalue weighted by Crippen LogP contribution is 2.05. The quantitative estimate of drug-likeness (QED) is 0.365. The fourth-order valence-electron chi connectivity index (χ4n) is 1.22. The van der Waals surface area contributed by atoms with Crippen molar-refractivity contribution in [1.82, 2.24) is 15.0 Å². The lowest BCUT2D eigenvalue weighted by molar-refractivity contribution is 0.381. The smallest absolute Gasteiger partial charge is 0.197 e. The Kier molecular flexibility index (Phi) is 4.92. The van der Waals surface area contributed by atoms with Gasteiger partial charge in [0.25, 0.3) is 0 Å². The Morgan fingerprint density at radius 3 is 2.94 bits per heavy atom. The molecule has 0 unspecified atom stereocenters. The van der Waals surface area contributed by atoms with Crippen LogP contribution in [0.25, 0.3) is 0 Å². The lowest BCUT2D eigenvalue weighted by Crippen LogP contribution is -2.21. The fourth-order valence-corrected chi connectivity index (χ4v) is 1.22. The minimum atomic E-state index is -0.0365. The summed E-state index contributed by atoms with van der Waals surface area (Å²) in [6.45, 7) is 0.664. The van der Waals surface area contributed by atoms with Crippen LogP contribution >= 0.6 is 0 Å². The molecule has 0 fully saturated rings. The number of ether oxygens (including phenoxy) is 1. The van der Waals surface area contributed by atoms with Crippen molar-refractivity contribution >= 4 is 17.7 Å². The normalized spacial score (nSPS) is 9.94. The van der Waals surface area contributed by atoms with Crippen LogP contribution in [0.5, 0.6) is 0 Å². The number of aryl methyl sites for hydroxylation is 1. The summed E-state index contributed by atoms with van der Waals surface area (Å²) in [6.07, 6.45) is 3.84. The molecule has 8 heteroatoms. The third-order valence-electron chi connectivity index (χ3n) is 2.03. The minimum Gasteiger partial charge on any atom is -0.484 e. The van der Waals surface area contributed by atoms with Gasteiger partial charge in [0.15, 0.2) is 17.7 Å². The zero-order valence-corrected chi connectivity index (χ0v) is 9.76. The van der Waals surface area contributed by atoms with Gasteiger partial charge in [-0.05, 0) is 12.8 Å². The summed E-state index contributed by atoms with van der Waals surface area (Å²) in [4.78, 5) is 5.30. The van der Waals surface area contributed by atoms with E-state index in [-0.39, 0.29) is 5.96 Å². The van der Waals surface area contributed by atoms with E-state index >= 15 is 0 Å². The second-order valence-corrected chi connectivity index (χ2v) is 3.42. The first-order chi connectivity index (χ1) is 8.11. The second-order valence-electron chi connectivity index (χ2n) is 3.42. The average molecular weight is 239 g/mol. The van der Waals surface area contributed by atoms with E-state index in [1.807, 2.05) is 0 Å². The molecule has 0 saturated carbocycles. The predicted molar refractivity (Wildman–Crippen MR) is 64.1 cm³/mol. The summed E-state index contributed by atoms with van der Waals surface area (Å²) < 4.78 is 4.75. The number of nitrogens with two attached hydrogens (primary N) is 2. The van der Waals surface area contributed by atoms with Crippen LogP contribution in [0.3, 0.4) is 0 Å². The highest BCUT2D eigenvalue weighted by molar-refractivity contribution is 5.78. The highest BCUT2D eigenvalue weighted by atomic mass is 16.5. The van der Waals surface area contributed by atoms with Gasteiger partial charge in [-0.1, -0.05) is 0 Å². The van der Waals surface area contributed by atoms with Gasteiger partial charge in [-0.2, -0.15) is 14.9 Å². The van der Waals surface area contributed by atoms with E-state index in [9.17, 15) is 0 Å². The standard InChI is InChI=1S/C9H17N7O/c1-17-7(10)4-2-3-5-16-13-6-8(15-16)14-9(11)12/h6,10H,2-5H2,1H3,(H4,11,12,14,15). The summed E-state index contributed by atoms with van der Waals surface area (Å²) >= 11 is 0. The van der Waals surface area contributed by atoms with E-state index in [2.05, 4.69) is 15.2 Å². The number of guanidine groups is 1. The SMILES string of the molecule is COC(=N)CCCCn1ncc(N=C(N)N)n1. The summed E-state index contributed by atoms with van der Waals surface area (Å²) in [5.74, 6) is 0.653. The molecule has 0 spiro atoms. The number of unbranched alkanes of at least 4 members (excludes halogenated alkanes) is 1. The van der Waals surface area contributed by atoms with Gasteiger partial charge in [0.2, 0.25) is 0 Å². The lowest BCUT2D eigenvalue weighted by Gasteiger charge is -2.01. The largest absolute Gasteiger partial charge is 0.484 e. The molecule has 0 radical (unpaired) electrons. The van der Waals surface area contributed by atoms with Crippen molar-refractivity contribution in [2.24, 2.45) is 16.5 Å². The van der Waals surface area contributed by atoms with E-state index in [0.29, 0.717) is 24.7 Å². The summed E-state index contributed by atoms with van der Waals surface area (Å²) in [6, 6.07) is 0. The molecule has 1 rings (SSSR count). The van der Waals surface area contributed by atoms with Gasteiger partial charge >= 0.3 is 0 Å². The molecule has 0 bridgehead atoms. The van der Waals surface area contributed by atoms with Crippen LogP contribution < -0.4 is 11.5 Å². The zero-order chi connectivity index (χ0) is 12.7. The molecule has 0 aromatic carbocycles. The van der Waals surface area contributed by atoms with Gasteiger partial charge in [0.1, 0.15) is 0 Å². The molecular weight excluding hydrogens is 222 g/mol. The minimum absolute atomic E-state index is 0.0365. The molecule has 0 saturated heterocycles. The molecule has 0 aliphatic heterocycles. The predicted octanol–water partition coefficient (Wildman–Crippen LogP) is -0.0230. The molecule has 5 N–H and O–H groups in total. The van der Waals surface area contributed by atoms with Gasteiger partial charge in [-0.25, -0.2) is 0 Å². The van der Waals surface area contributed by atoms with Crippen molar-refractivity contribution in [2.75, 3.05) is 7.11 Å². The summed E-state index contributed by atoms with van der Waals surface area (Å²) in [7, 11) is 1.50. The van der Waals surface area contributed by atoms with E-state index in [1.54, 1.807) is 0 Å². The Labute approximate surface area is 99.2 Å². The number of aliphatic imine (C=N–C) groups is 1. The van der Waals surface area contributed by atoms with Gasteiger partial charge in [0, 0.05) is 6.42 Å². The number of hydrogen-bond donors (Lipinski definition) is 3. The van der Waals surface area contributed by atoms with Gasteiger partial charge in [-0.15, -0.1) is 5.10 Å². The van der Waals surface area contributed by atoms with Crippen LogP contribution in [-0.4, -0.2) is 34.0 Å². The van der Waals surface area contributed by atoms with Gasteiger partial charge in [0.05, 0.1) is 19.9 Å². The van der Waals surface area contributed by atoms with Crippen molar-refractivity contribution in [2.45, 2.75) is 25.8 Å². The van der Waals surface area contributed by atoms with Crippen LogP contribution in [0.1, 0.15) is 19.3 Å². The molecule has 94 valence electrons. The molecule has 0 aliphatic carbocycles. The molecule has 1 aromatic heterocycles. The molecule has 0 aliphatic rings. The molecule has 8 nitrogen and oxygen atoms in total. The number of methoxy groups -OCH3 is 1. The Balaban J connectivity index is 2.30. The lowest BCUT2D eigenvalue weighted by atomic mass is 10.2. The molecular formula is C9H17N7O. The highest BCUT2D eigenvalue weighted by Gasteiger charge is 2.00. The number of hydrogen-bond acceptors (Lipinski definition) is 5. The molecule has 1 aromatic rings. The van der Waals surface area contributed by atoms with Crippen molar-refractivity contribution in [3.63, 3.8) is 0 Å². The topological polar surface area (TPSA) is 128 Å². The Morgan fingerprint density at radius 1 is 1.53 bits per heavy atom. The van der Waals surface area contributed by atoms with Gasteiger partial charge in [-0.3, -0.25) is 5.41 Å². The number of nitrogens with one attached hydrogen (secondary N) is 1. The maximum absolute atomic E-state index is 7.30. The number of aromatic nitrogens is 3. The zero-order valence-electron chi connectivity index (χ0n) is 9.76. The molecule has 0 amide bonds. The first kappa shape index (κ1) is 12.9. The van der Waals surface area contributed by atoms with Gasteiger partial charge < -0.3 is 16.2 Å². The Bertz CT molecular complexity index is 394. The van der Waals surface area contributed by atoms with Crippen molar-refractivity contribution in [3.8, 4) is 0 Å². The number of nitrogens with zero attached hydrogens (tertiary/aromatic N) is 4. The van der Waals surface area contributed by atoms with E-state index in [1.165, 1.54) is 18.1 Å². The maximum atomic E-state index is 7.30. The molecule has 1 heterocycles. The second kappa shape index (κ2) is 6.46. The van der Waals surface area contributed by atoms with Crippen LogP contribution in [0.15, 0.2) is 11.2 Å². The van der Waals surface area contributed by atoms with E-state index in [0.717, 1.165) is 12.8 Å². The summed E-state index contributed by atoms with van der Waals surface area (Å²) in [5.41, 5.74) is 10.4. The van der Waals surface area contributed by atoms with Crippen LogP contribution in [0, 0.1) is 5.41 Å². The van der Waals surface area contributed by atoms with Crippen LogP contribution in [0.2, 0.25) is 0 Å². The summed E-state index contributed by atoms with van der Waals surface area (Å²) in [5, 5.41) is 15.4. The third kappa shape index (κ3) is 4.96. The van der Waals surface area contributed by atoms with Crippen molar-refractivity contribution < 1.29 is 4.74 Å². The first-order valence-electron chi connectivity index (χ1n) is 5.23.